The van der Waals surface area contributed by atoms with E-state index >= 15 is 0 Å². The molecule has 2 rings (SSSR count). The molecule has 1 amide bonds. The van der Waals surface area contributed by atoms with Crippen molar-refractivity contribution >= 4 is 5.91 Å². The maximum absolute atomic E-state index is 11.3. The highest BCUT2D eigenvalue weighted by atomic mass is 16.7. The number of aliphatic hydroxyl groups is 6. The zero-order valence-corrected chi connectivity index (χ0v) is 13.6. The minimum Gasteiger partial charge on any atom is -0.394 e. The zero-order valence-electron chi connectivity index (χ0n) is 13.6. The van der Waals surface area contributed by atoms with Crippen molar-refractivity contribution in [2.75, 3.05) is 13.2 Å². The van der Waals surface area contributed by atoms with Gasteiger partial charge in [-0.3, -0.25) is 4.79 Å². The number of hydrogen-bond acceptors (Lipinski definition) is 10. The number of hydrogen-bond donors (Lipinski definition) is 7. The third-order valence-corrected chi connectivity index (χ3v) is 4.25. The first-order chi connectivity index (χ1) is 11.8. The molecular weight excluding hydrogens is 342 g/mol. The van der Waals surface area contributed by atoms with Crippen LogP contribution in [0.4, 0.5) is 0 Å². The molecule has 25 heavy (non-hydrogen) atoms. The first kappa shape index (κ1) is 20.4. The molecule has 2 heterocycles. The lowest BCUT2D eigenvalue weighted by Crippen LogP contribution is -2.66. The maximum atomic E-state index is 11.3. The van der Waals surface area contributed by atoms with Crippen LogP contribution in [0.25, 0.3) is 0 Å². The summed E-state index contributed by atoms with van der Waals surface area (Å²) in [5, 5.41) is 60.9. The maximum Gasteiger partial charge on any atom is 0.217 e. The molecule has 2 aliphatic heterocycles. The molecule has 0 saturated carbocycles. The van der Waals surface area contributed by atoms with Gasteiger partial charge in [0, 0.05) is 13.3 Å². The average Bonchev–Trinajstić information content (AvgIpc) is 2.55. The summed E-state index contributed by atoms with van der Waals surface area (Å²) >= 11 is 0. The largest absolute Gasteiger partial charge is 0.394 e. The van der Waals surface area contributed by atoms with Gasteiger partial charge < -0.3 is 50.2 Å². The number of amides is 1. The summed E-state index contributed by atoms with van der Waals surface area (Å²) in [6.45, 7) is 0.0659. The van der Waals surface area contributed by atoms with E-state index < -0.39 is 74.4 Å². The van der Waals surface area contributed by atoms with Crippen molar-refractivity contribution < 1.29 is 49.6 Å². The lowest BCUT2D eigenvalue weighted by atomic mass is 9.96. The molecule has 2 saturated heterocycles. The van der Waals surface area contributed by atoms with E-state index in [9.17, 15) is 35.4 Å². The van der Waals surface area contributed by atoms with Crippen molar-refractivity contribution in [2.45, 2.75) is 68.6 Å². The van der Waals surface area contributed by atoms with Gasteiger partial charge in [-0.25, -0.2) is 0 Å². The first-order valence-electron chi connectivity index (χ1n) is 7.96. The Labute approximate surface area is 143 Å². The molecule has 0 aromatic heterocycles. The molecule has 0 spiro atoms. The van der Waals surface area contributed by atoms with E-state index in [1.54, 1.807) is 0 Å². The lowest BCUT2D eigenvalue weighted by molar-refractivity contribution is -0.326. The molecule has 9 atom stereocenters. The van der Waals surface area contributed by atoms with Crippen LogP contribution in [0.5, 0.6) is 0 Å². The van der Waals surface area contributed by atoms with Crippen molar-refractivity contribution in [3.05, 3.63) is 0 Å². The minimum absolute atomic E-state index is 0.133. The van der Waals surface area contributed by atoms with Gasteiger partial charge in [-0.2, -0.15) is 0 Å². The standard InChI is InChI=1S/C14H25NO10/c1-5(18)15-10-12(11(21)9(4-17)23-13(10)22)25-14-7(20)2-6(19)8(3-16)24-14/h6-14,16-17,19-22H,2-4H2,1H3,(H,15,18)/t6-,7-,8-,9-,10-,11+,12-,13+,14+/m1/s1. The van der Waals surface area contributed by atoms with Gasteiger partial charge in [0.2, 0.25) is 5.91 Å². The quantitative estimate of drug-likeness (QED) is 0.252. The van der Waals surface area contributed by atoms with E-state index in [1.807, 2.05) is 0 Å². The third kappa shape index (κ3) is 4.64. The van der Waals surface area contributed by atoms with Gasteiger partial charge in [-0.15, -0.1) is 0 Å². The van der Waals surface area contributed by atoms with E-state index in [0.29, 0.717) is 0 Å². The average molecular weight is 367 g/mol. The molecule has 2 fully saturated rings. The smallest absolute Gasteiger partial charge is 0.217 e. The number of carbonyl (C=O) groups is 1. The second-order valence-electron chi connectivity index (χ2n) is 6.16. The van der Waals surface area contributed by atoms with Crippen LogP contribution in [0.3, 0.4) is 0 Å². The number of rotatable bonds is 5. The van der Waals surface area contributed by atoms with E-state index in [1.165, 1.54) is 6.92 Å². The van der Waals surface area contributed by atoms with Crippen LogP contribution >= 0.6 is 0 Å². The van der Waals surface area contributed by atoms with Crippen LogP contribution in [-0.2, 0) is 19.0 Å². The molecule has 0 radical (unpaired) electrons. The van der Waals surface area contributed by atoms with Crippen molar-refractivity contribution in [1.82, 2.24) is 5.32 Å². The van der Waals surface area contributed by atoms with E-state index in [0.717, 1.165) is 0 Å². The first-order valence-corrected chi connectivity index (χ1v) is 7.96. The van der Waals surface area contributed by atoms with Crippen molar-refractivity contribution in [3.8, 4) is 0 Å². The Morgan fingerprint density at radius 2 is 1.72 bits per heavy atom. The Bertz CT molecular complexity index is 451. The van der Waals surface area contributed by atoms with Crippen molar-refractivity contribution in [3.63, 3.8) is 0 Å². The Balaban J connectivity index is 2.16. The fourth-order valence-corrected chi connectivity index (χ4v) is 2.94. The monoisotopic (exact) mass is 367 g/mol. The number of ether oxygens (including phenoxy) is 3. The summed E-state index contributed by atoms with van der Waals surface area (Å²) in [6, 6.07) is -1.19. The molecule has 7 N–H and O–H groups in total. The molecule has 0 aliphatic carbocycles. The minimum atomic E-state index is -1.57. The predicted octanol–water partition coefficient (Wildman–Crippen LogP) is -4.22. The molecule has 11 heteroatoms. The molecule has 0 aromatic rings. The number of nitrogens with one attached hydrogen (secondary N) is 1. The van der Waals surface area contributed by atoms with Gasteiger partial charge >= 0.3 is 0 Å². The fourth-order valence-electron chi connectivity index (χ4n) is 2.94. The molecule has 2 aliphatic rings. The summed E-state index contributed by atoms with van der Waals surface area (Å²) < 4.78 is 15.9. The highest BCUT2D eigenvalue weighted by Gasteiger charge is 2.48. The summed E-state index contributed by atoms with van der Waals surface area (Å²) in [4.78, 5) is 11.3. The van der Waals surface area contributed by atoms with Gasteiger partial charge in [0.1, 0.15) is 36.6 Å². The van der Waals surface area contributed by atoms with Crippen LogP contribution < -0.4 is 5.32 Å². The molecule has 0 unspecified atom stereocenters. The molecule has 0 aromatic carbocycles. The predicted molar refractivity (Wildman–Crippen MR) is 78.8 cm³/mol. The molecule has 146 valence electrons. The Morgan fingerprint density at radius 1 is 1.08 bits per heavy atom. The summed E-state index contributed by atoms with van der Waals surface area (Å²) in [5.74, 6) is -0.523. The lowest BCUT2D eigenvalue weighted by Gasteiger charge is -2.45. The van der Waals surface area contributed by atoms with E-state index in [4.69, 9.17) is 14.2 Å². The van der Waals surface area contributed by atoms with Crippen LogP contribution in [-0.4, -0.2) is 105 Å². The SMILES string of the molecule is CC(=O)N[C@@H]1[C@@H](O[C@@H]2O[C@H](CO)[C@H](O)C[C@H]2O)[C@@H](O)[C@@H](CO)O[C@@H]1O. The summed E-state index contributed by atoms with van der Waals surface area (Å²) in [5.41, 5.74) is 0. The fraction of sp³-hybridized carbons (Fsp3) is 0.929. The Kier molecular flexibility index (Phi) is 7.08. The van der Waals surface area contributed by atoms with E-state index in [2.05, 4.69) is 5.32 Å². The number of carbonyl (C=O) groups excluding carboxylic acids is 1. The topological polar surface area (TPSA) is 178 Å². The molecule has 0 bridgehead atoms. The van der Waals surface area contributed by atoms with Crippen LogP contribution in [0.2, 0.25) is 0 Å². The molecular formula is C14H25NO10. The zero-order chi connectivity index (χ0) is 18.7. The summed E-state index contributed by atoms with van der Waals surface area (Å²) in [7, 11) is 0. The van der Waals surface area contributed by atoms with Crippen LogP contribution in [0.1, 0.15) is 13.3 Å². The second kappa shape index (κ2) is 8.66. The Hall–Kier alpha value is -0.890. The number of aliphatic hydroxyl groups excluding tert-OH is 6. The van der Waals surface area contributed by atoms with Crippen molar-refractivity contribution in [1.29, 1.82) is 0 Å². The van der Waals surface area contributed by atoms with Gasteiger partial charge in [-0.1, -0.05) is 0 Å². The van der Waals surface area contributed by atoms with Gasteiger partial charge in [0.25, 0.3) is 0 Å². The van der Waals surface area contributed by atoms with Crippen molar-refractivity contribution in [2.24, 2.45) is 0 Å². The van der Waals surface area contributed by atoms with Crippen LogP contribution in [0, 0.1) is 0 Å². The van der Waals surface area contributed by atoms with E-state index in [-0.39, 0.29) is 6.42 Å². The highest BCUT2D eigenvalue weighted by molar-refractivity contribution is 5.73. The summed E-state index contributed by atoms with van der Waals surface area (Å²) in [6.07, 6.45) is -10.3. The van der Waals surface area contributed by atoms with Gasteiger partial charge in [0.05, 0.1) is 19.3 Å². The van der Waals surface area contributed by atoms with Gasteiger partial charge in [0.15, 0.2) is 12.6 Å². The molecule has 11 nitrogen and oxygen atoms in total. The van der Waals surface area contributed by atoms with Gasteiger partial charge in [-0.05, 0) is 0 Å². The van der Waals surface area contributed by atoms with Crippen LogP contribution in [0.15, 0.2) is 0 Å². The normalized spacial score (nSPS) is 45.2. The second-order valence-corrected chi connectivity index (χ2v) is 6.16. The third-order valence-electron chi connectivity index (χ3n) is 4.25. The Morgan fingerprint density at radius 3 is 2.28 bits per heavy atom. The highest BCUT2D eigenvalue weighted by Crippen LogP contribution is 2.28.